The van der Waals surface area contributed by atoms with Crippen LogP contribution in [-0.2, 0) is 21.2 Å². The summed E-state index contributed by atoms with van der Waals surface area (Å²) >= 11 is 0. The molecule has 0 aliphatic carbocycles. The first kappa shape index (κ1) is 22.3. The number of benzene rings is 3. The Labute approximate surface area is 191 Å². The predicted molar refractivity (Wildman–Crippen MR) is 123 cm³/mol. The van der Waals surface area contributed by atoms with E-state index in [9.17, 15) is 18.0 Å². The van der Waals surface area contributed by atoms with Crippen LogP contribution in [0.1, 0.15) is 26.3 Å². The minimum atomic E-state index is -3.84. The molecule has 0 unspecified atom stereocenters. The van der Waals surface area contributed by atoms with Crippen LogP contribution in [0.3, 0.4) is 0 Å². The average molecular weight is 467 g/mol. The zero-order valence-electron chi connectivity index (χ0n) is 18.1. The van der Waals surface area contributed by atoms with Crippen molar-refractivity contribution in [2.24, 2.45) is 0 Å². The molecular weight excluding hydrogens is 444 g/mol. The number of carbonyl (C=O) groups is 2. The van der Waals surface area contributed by atoms with Crippen LogP contribution in [0.4, 0.5) is 11.4 Å². The van der Waals surface area contributed by atoms with Gasteiger partial charge >= 0.3 is 5.97 Å². The minimum Gasteiger partial charge on any atom is -0.497 e. The van der Waals surface area contributed by atoms with Crippen molar-refractivity contribution in [1.29, 1.82) is 0 Å². The van der Waals surface area contributed by atoms with Crippen LogP contribution < -0.4 is 14.4 Å². The van der Waals surface area contributed by atoms with Crippen molar-refractivity contribution in [2.45, 2.75) is 11.3 Å². The Morgan fingerprint density at radius 1 is 0.909 bits per heavy atom. The van der Waals surface area contributed by atoms with Gasteiger partial charge in [0.1, 0.15) is 5.75 Å². The summed E-state index contributed by atoms with van der Waals surface area (Å²) in [5.74, 6) is -0.363. The van der Waals surface area contributed by atoms with Gasteiger partial charge in [-0.1, -0.05) is 12.1 Å². The van der Waals surface area contributed by atoms with Gasteiger partial charge < -0.3 is 14.8 Å². The van der Waals surface area contributed by atoms with Gasteiger partial charge in [-0.3, -0.25) is 9.10 Å². The number of esters is 1. The fourth-order valence-electron chi connectivity index (χ4n) is 3.71. The van der Waals surface area contributed by atoms with Crippen molar-refractivity contribution < 1.29 is 27.5 Å². The molecule has 3 aromatic rings. The molecule has 0 saturated carbocycles. The lowest BCUT2D eigenvalue weighted by Crippen LogP contribution is -2.30. The molecule has 3 aromatic carbocycles. The Hall–Kier alpha value is -3.85. The predicted octanol–water partition coefficient (Wildman–Crippen LogP) is 3.49. The highest BCUT2D eigenvalue weighted by atomic mass is 32.2. The quantitative estimate of drug-likeness (QED) is 0.558. The molecule has 0 saturated heterocycles. The molecular formula is C24H22N2O6S. The number of nitrogens with zero attached hydrogens (tertiary/aromatic N) is 1. The Kier molecular flexibility index (Phi) is 6.06. The summed E-state index contributed by atoms with van der Waals surface area (Å²) in [5, 5.41) is 2.81. The van der Waals surface area contributed by atoms with Gasteiger partial charge in [-0.2, -0.15) is 0 Å². The number of fused-ring (bicyclic) bond motifs is 1. The third-order valence-corrected chi connectivity index (χ3v) is 7.23. The van der Waals surface area contributed by atoms with Gasteiger partial charge in [0.05, 0.1) is 36.1 Å². The van der Waals surface area contributed by atoms with Crippen molar-refractivity contribution in [1.82, 2.24) is 0 Å². The molecule has 0 spiro atoms. The van der Waals surface area contributed by atoms with Crippen LogP contribution >= 0.6 is 0 Å². The zero-order chi connectivity index (χ0) is 23.6. The highest BCUT2D eigenvalue weighted by molar-refractivity contribution is 7.92. The smallest absolute Gasteiger partial charge is 0.337 e. The van der Waals surface area contributed by atoms with E-state index in [1.165, 1.54) is 54.9 Å². The van der Waals surface area contributed by atoms with Gasteiger partial charge in [-0.25, -0.2) is 13.2 Å². The van der Waals surface area contributed by atoms with Gasteiger partial charge in [0.15, 0.2) is 0 Å². The lowest BCUT2D eigenvalue weighted by atomic mass is 10.1. The van der Waals surface area contributed by atoms with Crippen LogP contribution in [-0.4, -0.2) is 41.1 Å². The maximum Gasteiger partial charge on any atom is 0.337 e. The van der Waals surface area contributed by atoms with Gasteiger partial charge in [0.2, 0.25) is 0 Å². The third kappa shape index (κ3) is 4.27. The number of para-hydroxylation sites is 1. The topological polar surface area (TPSA) is 102 Å². The molecule has 8 nitrogen and oxygen atoms in total. The molecule has 33 heavy (non-hydrogen) atoms. The van der Waals surface area contributed by atoms with Gasteiger partial charge in [-0.05, 0) is 66.6 Å². The number of anilines is 2. The van der Waals surface area contributed by atoms with Crippen molar-refractivity contribution in [3.8, 4) is 5.75 Å². The molecule has 1 aliphatic heterocycles. The van der Waals surface area contributed by atoms with Crippen LogP contribution in [0.15, 0.2) is 71.6 Å². The van der Waals surface area contributed by atoms with E-state index in [1.807, 2.05) is 6.07 Å². The van der Waals surface area contributed by atoms with E-state index in [2.05, 4.69) is 10.1 Å². The van der Waals surface area contributed by atoms with E-state index in [1.54, 1.807) is 24.3 Å². The number of hydrogen-bond donors (Lipinski definition) is 1. The maximum absolute atomic E-state index is 13.4. The molecule has 1 amide bonds. The summed E-state index contributed by atoms with van der Waals surface area (Å²) in [7, 11) is -1.05. The fraction of sp³-hybridized carbons (Fsp3) is 0.167. The normalized spacial score (nSPS) is 12.7. The molecule has 1 N–H and O–H groups in total. The zero-order valence-corrected chi connectivity index (χ0v) is 18.9. The maximum atomic E-state index is 13.4. The minimum absolute atomic E-state index is 0.135. The third-order valence-electron chi connectivity index (χ3n) is 5.42. The van der Waals surface area contributed by atoms with E-state index in [4.69, 9.17) is 4.74 Å². The second-order valence-electron chi connectivity index (χ2n) is 7.34. The molecule has 0 aromatic heterocycles. The summed E-state index contributed by atoms with van der Waals surface area (Å²) < 4.78 is 37.8. The van der Waals surface area contributed by atoms with Crippen LogP contribution in [0, 0.1) is 0 Å². The highest BCUT2D eigenvalue weighted by Crippen LogP contribution is 2.39. The number of carbonyl (C=O) groups excluding carboxylic acids is 2. The van der Waals surface area contributed by atoms with E-state index in [0.29, 0.717) is 34.7 Å². The molecule has 9 heteroatoms. The summed E-state index contributed by atoms with van der Waals surface area (Å²) in [6.07, 6.45) is 0.530. The number of ether oxygens (including phenoxy) is 2. The van der Waals surface area contributed by atoms with Gasteiger partial charge in [0.25, 0.3) is 15.9 Å². The van der Waals surface area contributed by atoms with E-state index in [0.717, 1.165) is 5.56 Å². The first-order chi connectivity index (χ1) is 15.8. The molecule has 1 aliphatic rings. The number of rotatable bonds is 6. The van der Waals surface area contributed by atoms with Crippen LogP contribution in [0.2, 0.25) is 0 Å². The van der Waals surface area contributed by atoms with Crippen molar-refractivity contribution in [2.75, 3.05) is 30.4 Å². The lowest BCUT2D eigenvalue weighted by molar-refractivity contribution is 0.0600. The van der Waals surface area contributed by atoms with E-state index in [-0.39, 0.29) is 11.4 Å². The number of amides is 1. The number of nitrogens with one attached hydrogen (secondary N) is 1. The largest absolute Gasteiger partial charge is 0.497 e. The molecule has 0 radical (unpaired) electrons. The Morgan fingerprint density at radius 2 is 1.58 bits per heavy atom. The molecule has 1 heterocycles. The SMILES string of the molecule is COC(=O)c1ccc(C(=O)Nc2cccc3c2N(S(=O)(=O)c2ccc(OC)cc2)CC3)cc1. The second-order valence-corrected chi connectivity index (χ2v) is 9.20. The second kappa shape index (κ2) is 8.95. The standard InChI is InChI=1S/C24H22N2O6S/c1-31-19-10-12-20(13-11-19)33(29,30)26-15-14-16-4-3-5-21(22(16)26)25-23(27)17-6-8-18(9-7-17)24(28)32-2/h3-13H,14-15H2,1-2H3,(H,25,27). The Morgan fingerprint density at radius 3 is 2.21 bits per heavy atom. The van der Waals surface area contributed by atoms with Crippen LogP contribution in [0.5, 0.6) is 5.75 Å². The summed E-state index contributed by atoms with van der Waals surface area (Å²) in [6.45, 7) is 0.268. The number of methoxy groups -OCH3 is 2. The molecule has 4 rings (SSSR count). The fourth-order valence-corrected chi connectivity index (χ4v) is 5.23. The van der Waals surface area contributed by atoms with E-state index >= 15 is 0 Å². The molecule has 0 atom stereocenters. The summed E-state index contributed by atoms with van der Waals surface area (Å²) in [4.78, 5) is 24.6. The first-order valence-corrected chi connectivity index (χ1v) is 11.6. The van der Waals surface area contributed by atoms with Crippen molar-refractivity contribution in [3.05, 3.63) is 83.4 Å². The molecule has 0 fully saturated rings. The van der Waals surface area contributed by atoms with Gasteiger partial charge in [-0.15, -0.1) is 0 Å². The van der Waals surface area contributed by atoms with Crippen molar-refractivity contribution in [3.63, 3.8) is 0 Å². The van der Waals surface area contributed by atoms with Gasteiger partial charge in [0, 0.05) is 12.1 Å². The van der Waals surface area contributed by atoms with Crippen LogP contribution in [0.25, 0.3) is 0 Å². The summed E-state index contributed by atoms with van der Waals surface area (Å²) in [5.41, 5.74) is 2.32. The highest BCUT2D eigenvalue weighted by Gasteiger charge is 2.33. The average Bonchev–Trinajstić information content (AvgIpc) is 3.30. The molecule has 170 valence electrons. The Bertz CT molecular complexity index is 1300. The van der Waals surface area contributed by atoms with Crippen molar-refractivity contribution >= 4 is 33.3 Å². The monoisotopic (exact) mass is 466 g/mol. The number of hydrogen-bond acceptors (Lipinski definition) is 6. The molecule has 0 bridgehead atoms. The Balaban J connectivity index is 1.63. The first-order valence-electron chi connectivity index (χ1n) is 10.1. The number of sulfonamides is 1. The summed E-state index contributed by atoms with van der Waals surface area (Å²) in [6, 6.07) is 17.5. The lowest BCUT2D eigenvalue weighted by Gasteiger charge is -2.22. The van der Waals surface area contributed by atoms with E-state index < -0.39 is 21.9 Å².